The van der Waals surface area contributed by atoms with Gasteiger partial charge in [-0.2, -0.15) is 5.01 Å². The Kier molecular flexibility index (Phi) is 5.97. The molecule has 10 nitrogen and oxygen atoms in total. The number of carbonyl (C=O) groups is 4. The molecule has 5 amide bonds. The fraction of sp³-hybridized carbons (Fsp3) is 0.500. The largest absolute Gasteiger partial charge is 0.497 e. The number of hydrazine groups is 1. The topological polar surface area (TPSA) is 120 Å². The summed E-state index contributed by atoms with van der Waals surface area (Å²) in [6, 6.07) is 5.58. The van der Waals surface area contributed by atoms with Crippen molar-refractivity contribution in [2.24, 2.45) is 5.92 Å². The van der Waals surface area contributed by atoms with E-state index in [0.29, 0.717) is 29.4 Å². The number of benzene rings is 1. The Labute approximate surface area is 174 Å². The standard InChI is InChI=1S/C20H27N5O5/c1-12(2)16-17(27)21-9-10-24(16)11-15(26)23-25-18(28)20(3,22-19(25)29)13-5-7-14(30-4)8-6-13/h5-8,12,16H,9-11H2,1-4H3,(H,21,27)(H,22,29)(H,23,26). The van der Waals surface area contributed by atoms with Gasteiger partial charge in [-0.15, -0.1) is 0 Å². The smallest absolute Gasteiger partial charge is 0.344 e. The summed E-state index contributed by atoms with van der Waals surface area (Å²) in [5.74, 6) is -0.644. The summed E-state index contributed by atoms with van der Waals surface area (Å²) in [5, 5.41) is 6.12. The molecule has 2 unspecified atom stereocenters. The number of hydrogen-bond acceptors (Lipinski definition) is 6. The lowest BCUT2D eigenvalue weighted by atomic mass is 9.92. The monoisotopic (exact) mass is 417 g/mol. The van der Waals surface area contributed by atoms with Crippen LogP contribution in [0.5, 0.6) is 5.75 Å². The first-order valence-corrected chi connectivity index (χ1v) is 9.80. The molecule has 1 aromatic rings. The molecule has 3 N–H and O–H groups in total. The number of methoxy groups -OCH3 is 1. The number of carbonyl (C=O) groups excluding carboxylic acids is 4. The third kappa shape index (κ3) is 3.95. The molecule has 2 aliphatic heterocycles. The Morgan fingerprint density at radius 1 is 1.27 bits per heavy atom. The van der Waals surface area contributed by atoms with Gasteiger partial charge in [0.15, 0.2) is 0 Å². The second-order valence-electron chi connectivity index (χ2n) is 7.91. The predicted molar refractivity (Wildman–Crippen MR) is 107 cm³/mol. The Bertz CT molecular complexity index is 856. The van der Waals surface area contributed by atoms with Gasteiger partial charge in [0.25, 0.3) is 11.8 Å². The highest BCUT2D eigenvalue weighted by Gasteiger charge is 2.50. The van der Waals surface area contributed by atoms with Crippen LogP contribution in [0, 0.1) is 5.92 Å². The Balaban J connectivity index is 1.70. The third-order valence-electron chi connectivity index (χ3n) is 5.43. The molecule has 0 spiro atoms. The summed E-state index contributed by atoms with van der Waals surface area (Å²) in [4.78, 5) is 51.9. The minimum absolute atomic E-state index is 0.00757. The molecule has 2 saturated heterocycles. The fourth-order valence-electron chi connectivity index (χ4n) is 3.84. The number of ether oxygens (including phenoxy) is 1. The molecule has 3 rings (SSSR count). The zero-order chi connectivity index (χ0) is 22.1. The number of nitrogens with one attached hydrogen (secondary N) is 3. The van der Waals surface area contributed by atoms with Crippen LogP contribution in [-0.2, 0) is 19.9 Å². The van der Waals surface area contributed by atoms with Crippen molar-refractivity contribution in [3.8, 4) is 5.75 Å². The molecule has 0 radical (unpaired) electrons. The molecule has 1 aromatic carbocycles. The maximum atomic E-state index is 13.0. The molecule has 2 heterocycles. The second kappa shape index (κ2) is 8.31. The van der Waals surface area contributed by atoms with Gasteiger partial charge in [0.2, 0.25) is 5.91 Å². The fourth-order valence-corrected chi connectivity index (χ4v) is 3.84. The van der Waals surface area contributed by atoms with Gasteiger partial charge in [-0.1, -0.05) is 26.0 Å². The highest BCUT2D eigenvalue weighted by atomic mass is 16.5. The van der Waals surface area contributed by atoms with Crippen molar-refractivity contribution < 1.29 is 23.9 Å². The number of nitrogens with zero attached hydrogens (tertiary/aromatic N) is 2. The van der Waals surface area contributed by atoms with E-state index in [-0.39, 0.29) is 18.4 Å². The van der Waals surface area contributed by atoms with Gasteiger partial charge >= 0.3 is 6.03 Å². The quantitative estimate of drug-likeness (QED) is 0.558. The molecule has 162 valence electrons. The van der Waals surface area contributed by atoms with Crippen LogP contribution in [0.25, 0.3) is 0 Å². The van der Waals surface area contributed by atoms with Crippen molar-refractivity contribution in [3.05, 3.63) is 29.8 Å². The molecule has 2 fully saturated rings. The van der Waals surface area contributed by atoms with Crippen LogP contribution < -0.4 is 20.8 Å². The van der Waals surface area contributed by atoms with Gasteiger partial charge in [-0.3, -0.25) is 24.7 Å². The number of urea groups is 1. The van der Waals surface area contributed by atoms with E-state index in [1.165, 1.54) is 7.11 Å². The lowest BCUT2D eigenvalue weighted by Crippen LogP contribution is -2.60. The van der Waals surface area contributed by atoms with Gasteiger partial charge in [-0.05, 0) is 30.5 Å². The minimum atomic E-state index is -1.32. The summed E-state index contributed by atoms with van der Waals surface area (Å²) in [5.41, 5.74) is 1.63. The van der Waals surface area contributed by atoms with Crippen LogP contribution in [0.4, 0.5) is 4.79 Å². The molecule has 2 aliphatic rings. The summed E-state index contributed by atoms with van der Waals surface area (Å²) in [6.45, 7) is 6.22. The molecule has 10 heteroatoms. The Hall–Kier alpha value is -3.14. The van der Waals surface area contributed by atoms with Crippen LogP contribution in [0.15, 0.2) is 24.3 Å². The van der Waals surface area contributed by atoms with Crippen LogP contribution in [-0.4, -0.2) is 66.4 Å². The second-order valence-corrected chi connectivity index (χ2v) is 7.91. The highest BCUT2D eigenvalue weighted by molar-refractivity contribution is 6.08. The molecule has 0 aliphatic carbocycles. The van der Waals surface area contributed by atoms with Crippen molar-refractivity contribution in [2.75, 3.05) is 26.7 Å². The maximum Gasteiger partial charge on any atom is 0.344 e. The van der Waals surface area contributed by atoms with Crippen LogP contribution in [0.3, 0.4) is 0 Å². The van der Waals surface area contributed by atoms with E-state index in [9.17, 15) is 19.2 Å². The summed E-state index contributed by atoms with van der Waals surface area (Å²) in [7, 11) is 1.53. The maximum absolute atomic E-state index is 13.0. The van der Waals surface area contributed by atoms with Gasteiger partial charge in [0.05, 0.1) is 19.7 Å². The first kappa shape index (κ1) is 21.6. The first-order valence-electron chi connectivity index (χ1n) is 9.80. The molecule has 0 aromatic heterocycles. The number of rotatable bonds is 6. The van der Waals surface area contributed by atoms with Crippen molar-refractivity contribution in [2.45, 2.75) is 32.4 Å². The first-order chi connectivity index (χ1) is 14.2. The summed E-state index contributed by atoms with van der Waals surface area (Å²) >= 11 is 0. The van der Waals surface area contributed by atoms with Crippen LogP contribution in [0.2, 0.25) is 0 Å². The molecule has 2 atom stereocenters. The SMILES string of the molecule is COc1ccc(C2(C)NC(=O)N(NC(=O)CN3CCNC(=O)C3C(C)C)C2=O)cc1. The van der Waals surface area contributed by atoms with Crippen LogP contribution >= 0.6 is 0 Å². The van der Waals surface area contributed by atoms with E-state index in [1.807, 2.05) is 13.8 Å². The average Bonchev–Trinajstić information content (AvgIpc) is 2.91. The van der Waals surface area contributed by atoms with Crippen molar-refractivity contribution in [1.29, 1.82) is 0 Å². The van der Waals surface area contributed by atoms with Gasteiger partial charge in [0, 0.05) is 13.1 Å². The van der Waals surface area contributed by atoms with E-state index in [4.69, 9.17) is 4.74 Å². The highest BCUT2D eigenvalue weighted by Crippen LogP contribution is 2.29. The number of amides is 5. The van der Waals surface area contributed by atoms with Gasteiger partial charge in [-0.25, -0.2) is 4.79 Å². The van der Waals surface area contributed by atoms with Gasteiger partial charge < -0.3 is 15.4 Å². The predicted octanol–water partition coefficient (Wildman–Crippen LogP) is -0.0502. The third-order valence-corrected chi connectivity index (χ3v) is 5.43. The molecule has 30 heavy (non-hydrogen) atoms. The van der Waals surface area contributed by atoms with Crippen LogP contribution in [0.1, 0.15) is 26.3 Å². The zero-order valence-corrected chi connectivity index (χ0v) is 17.5. The molecule has 0 bridgehead atoms. The summed E-state index contributed by atoms with van der Waals surface area (Å²) in [6.07, 6.45) is 0. The zero-order valence-electron chi connectivity index (χ0n) is 17.5. The number of hydrogen-bond donors (Lipinski definition) is 3. The van der Waals surface area contributed by atoms with E-state index in [2.05, 4.69) is 16.1 Å². The van der Waals surface area contributed by atoms with E-state index in [0.717, 1.165) is 0 Å². The number of imide groups is 1. The minimum Gasteiger partial charge on any atom is -0.497 e. The molecular formula is C20H27N5O5. The van der Waals surface area contributed by atoms with Crippen molar-refractivity contribution >= 4 is 23.8 Å². The van der Waals surface area contributed by atoms with E-state index >= 15 is 0 Å². The average molecular weight is 417 g/mol. The lowest BCUT2D eigenvalue weighted by Gasteiger charge is -2.36. The number of piperazine rings is 1. The normalized spacial score (nSPS) is 24.6. The molecular weight excluding hydrogens is 390 g/mol. The lowest BCUT2D eigenvalue weighted by molar-refractivity contribution is -0.141. The van der Waals surface area contributed by atoms with E-state index < -0.39 is 29.4 Å². The van der Waals surface area contributed by atoms with Crippen molar-refractivity contribution in [3.63, 3.8) is 0 Å². The Morgan fingerprint density at radius 2 is 1.93 bits per heavy atom. The van der Waals surface area contributed by atoms with Crippen molar-refractivity contribution in [1.82, 2.24) is 26.0 Å². The van der Waals surface area contributed by atoms with E-state index in [1.54, 1.807) is 36.1 Å². The van der Waals surface area contributed by atoms with Gasteiger partial charge in [0.1, 0.15) is 11.3 Å². The molecule has 0 saturated carbocycles. The summed E-state index contributed by atoms with van der Waals surface area (Å²) < 4.78 is 5.12. The Morgan fingerprint density at radius 3 is 2.53 bits per heavy atom.